The van der Waals surface area contributed by atoms with Crippen molar-refractivity contribution in [2.45, 2.75) is 40.2 Å². The van der Waals surface area contributed by atoms with Crippen molar-refractivity contribution in [2.75, 3.05) is 6.61 Å². The maximum atomic E-state index is 13.6. The number of ketones is 1. The van der Waals surface area contributed by atoms with Crippen LogP contribution in [-0.2, 0) is 4.79 Å². The normalized spacial score (nSPS) is 13.5. The SMILES string of the molecule is C/C(COc1ccccc1F)=C(/C)CC(C(=O)C(C)C)n1cncn1. The van der Waals surface area contributed by atoms with Gasteiger partial charge in [-0.1, -0.05) is 31.6 Å². The zero-order chi connectivity index (χ0) is 18.4. The van der Waals surface area contributed by atoms with E-state index in [1.165, 1.54) is 12.4 Å². The lowest BCUT2D eigenvalue weighted by atomic mass is 9.94. The number of benzene rings is 1. The van der Waals surface area contributed by atoms with Gasteiger partial charge < -0.3 is 4.74 Å². The molecule has 0 saturated carbocycles. The number of para-hydroxylation sites is 1. The Kier molecular flexibility index (Phi) is 6.44. The molecule has 1 unspecified atom stereocenters. The number of halogens is 1. The number of carbonyl (C=O) groups is 1. The van der Waals surface area contributed by atoms with E-state index in [0.717, 1.165) is 11.1 Å². The molecule has 6 heteroatoms. The van der Waals surface area contributed by atoms with Gasteiger partial charge >= 0.3 is 0 Å². The highest BCUT2D eigenvalue weighted by molar-refractivity contribution is 5.84. The molecule has 0 amide bonds. The molecule has 1 heterocycles. The summed E-state index contributed by atoms with van der Waals surface area (Å²) in [5, 5.41) is 4.12. The first-order chi connectivity index (χ1) is 11.9. The van der Waals surface area contributed by atoms with Crippen LogP contribution in [0.5, 0.6) is 5.75 Å². The Bertz CT molecular complexity index is 739. The fourth-order valence-electron chi connectivity index (χ4n) is 2.42. The Hall–Kier alpha value is -2.50. The van der Waals surface area contributed by atoms with E-state index in [0.29, 0.717) is 6.42 Å². The summed E-state index contributed by atoms with van der Waals surface area (Å²) in [7, 11) is 0. The second-order valence-electron chi connectivity index (χ2n) is 6.43. The molecule has 0 aliphatic carbocycles. The average molecular weight is 345 g/mol. The monoisotopic (exact) mass is 345 g/mol. The van der Waals surface area contributed by atoms with Crippen LogP contribution in [0.4, 0.5) is 4.39 Å². The molecule has 1 atom stereocenters. The smallest absolute Gasteiger partial charge is 0.165 e. The van der Waals surface area contributed by atoms with Crippen molar-refractivity contribution in [3.8, 4) is 5.75 Å². The summed E-state index contributed by atoms with van der Waals surface area (Å²) < 4.78 is 20.8. The number of hydrogen-bond acceptors (Lipinski definition) is 4. The van der Waals surface area contributed by atoms with Gasteiger partial charge in [-0.3, -0.25) is 4.79 Å². The predicted molar refractivity (Wildman–Crippen MR) is 93.8 cm³/mol. The van der Waals surface area contributed by atoms with Gasteiger partial charge in [-0.05, 0) is 38.0 Å². The van der Waals surface area contributed by atoms with Gasteiger partial charge in [0.1, 0.15) is 25.3 Å². The minimum atomic E-state index is -0.397. The predicted octanol–water partition coefficient (Wildman–Crippen LogP) is 3.99. The highest BCUT2D eigenvalue weighted by atomic mass is 19.1. The van der Waals surface area contributed by atoms with E-state index in [4.69, 9.17) is 4.74 Å². The molecule has 1 aromatic carbocycles. The molecular formula is C19H24FN3O2. The number of allylic oxidation sites excluding steroid dienone is 1. The number of rotatable bonds is 8. The Morgan fingerprint density at radius 1 is 1.24 bits per heavy atom. The third kappa shape index (κ3) is 4.98. The number of aromatic nitrogens is 3. The highest BCUT2D eigenvalue weighted by Gasteiger charge is 2.24. The molecule has 2 rings (SSSR count). The summed E-state index contributed by atoms with van der Waals surface area (Å²) in [6.45, 7) is 7.90. The molecule has 0 aliphatic rings. The van der Waals surface area contributed by atoms with Crippen molar-refractivity contribution < 1.29 is 13.9 Å². The largest absolute Gasteiger partial charge is 0.486 e. The summed E-state index contributed by atoms with van der Waals surface area (Å²) in [6.07, 6.45) is 3.50. The molecule has 25 heavy (non-hydrogen) atoms. The van der Waals surface area contributed by atoms with E-state index in [1.54, 1.807) is 29.2 Å². The molecule has 0 fully saturated rings. The van der Waals surface area contributed by atoms with Crippen molar-refractivity contribution in [1.82, 2.24) is 14.8 Å². The van der Waals surface area contributed by atoms with Crippen molar-refractivity contribution in [2.24, 2.45) is 5.92 Å². The number of nitrogens with zero attached hydrogens (tertiary/aromatic N) is 3. The zero-order valence-electron chi connectivity index (χ0n) is 15.1. The van der Waals surface area contributed by atoms with Crippen LogP contribution in [-0.4, -0.2) is 27.2 Å². The van der Waals surface area contributed by atoms with E-state index in [2.05, 4.69) is 10.1 Å². The van der Waals surface area contributed by atoms with Crippen LogP contribution in [0, 0.1) is 11.7 Å². The molecule has 0 bridgehead atoms. The van der Waals surface area contributed by atoms with Crippen LogP contribution in [0.1, 0.15) is 40.2 Å². The number of Topliss-reactive ketones (excluding diaryl/α,β-unsaturated/α-hetero) is 1. The van der Waals surface area contributed by atoms with Crippen LogP contribution >= 0.6 is 0 Å². The van der Waals surface area contributed by atoms with Gasteiger partial charge in [-0.25, -0.2) is 14.1 Å². The highest BCUT2D eigenvalue weighted by Crippen LogP contribution is 2.24. The molecule has 5 nitrogen and oxygen atoms in total. The Morgan fingerprint density at radius 2 is 1.96 bits per heavy atom. The van der Waals surface area contributed by atoms with Gasteiger partial charge in [0, 0.05) is 5.92 Å². The van der Waals surface area contributed by atoms with Crippen LogP contribution in [0.25, 0.3) is 0 Å². The molecule has 2 aromatic rings. The molecule has 0 aliphatic heterocycles. The lowest BCUT2D eigenvalue weighted by molar-refractivity contribution is -0.125. The summed E-state index contributed by atoms with van der Waals surface area (Å²) in [5.41, 5.74) is 1.98. The molecule has 134 valence electrons. The molecule has 1 aromatic heterocycles. The zero-order valence-corrected chi connectivity index (χ0v) is 15.1. The standard InChI is InChI=1S/C19H24FN3O2/c1-13(2)19(24)17(23-12-21-11-22-23)9-14(3)15(4)10-25-18-8-6-5-7-16(18)20/h5-8,11-13,17H,9-10H2,1-4H3/b15-14+. The van der Waals surface area contributed by atoms with Crippen LogP contribution in [0.3, 0.4) is 0 Å². The first kappa shape index (κ1) is 18.8. The maximum Gasteiger partial charge on any atom is 0.165 e. The second kappa shape index (κ2) is 8.55. The average Bonchev–Trinajstić information content (AvgIpc) is 3.12. The van der Waals surface area contributed by atoms with Crippen molar-refractivity contribution in [1.29, 1.82) is 0 Å². The first-order valence-corrected chi connectivity index (χ1v) is 8.30. The van der Waals surface area contributed by atoms with E-state index in [9.17, 15) is 9.18 Å². The lowest BCUT2D eigenvalue weighted by Gasteiger charge is -2.20. The second-order valence-corrected chi connectivity index (χ2v) is 6.43. The van der Waals surface area contributed by atoms with Crippen LogP contribution < -0.4 is 4.74 Å². The van der Waals surface area contributed by atoms with Gasteiger partial charge in [0.15, 0.2) is 17.3 Å². The fraction of sp³-hybridized carbons (Fsp3) is 0.421. The molecule has 0 spiro atoms. The first-order valence-electron chi connectivity index (χ1n) is 8.30. The van der Waals surface area contributed by atoms with E-state index in [1.807, 2.05) is 27.7 Å². The summed E-state index contributed by atoms with van der Waals surface area (Å²) in [6, 6.07) is 5.91. The minimum absolute atomic E-state index is 0.100. The quantitative estimate of drug-likeness (QED) is 0.679. The van der Waals surface area contributed by atoms with E-state index < -0.39 is 6.04 Å². The fourth-order valence-corrected chi connectivity index (χ4v) is 2.42. The van der Waals surface area contributed by atoms with E-state index >= 15 is 0 Å². The summed E-state index contributed by atoms with van der Waals surface area (Å²) in [5.74, 6) is -0.159. The van der Waals surface area contributed by atoms with Crippen molar-refractivity contribution >= 4 is 5.78 Å². The summed E-state index contributed by atoms with van der Waals surface area (Å²) in [4.78, 5) is 16.5. The van der Waals surface area contributed by atoms with Crippen LogP contribution in [0.2, 0.25) is 0 Å². The van der Waals surface area contributed by atoms with Crippen molar-refractivity contribution in [3.05, 3.63) is 53.9 Å². The van der Waals surface area contributed by atoms with Gasteiger partial charge in [0.25, 0.3) is 0 Å². The number of ether oxygens (including phenoxy) is 1. The molecule has 0 radical (unpaired) electrons. The van der Waals surface area contributed by atoms with Gasteiger partial charge in [0.05, 0.1) is 0 Å². The minimum Gasteiger partial charge on any atom is -0.486 e. The molecular weight excluding hydrogens is 321 g/mol. The maximum absolute atomic E-state index is 13.6. The Morgan fingerprint density at radius 3 is 2.56 bits per heavy atom. The number of carbonyl (C=O) groups excluding carboxylic acids is 1. The third-order valence-corrected chi connectivity index (χ3v) is 4.16. The van der Waals surface area contributed by atoms with Crippen LogP contribution in [0.15, 0.2) is 48.1 Å². The van der Waals surface area contributed by atoms with Gasteiger partial charge in [-0.2, -0.15) is 5.10 Å². The Balaban J connectivity index is 2.10. The van der Waals surface area contributed by atoms with Gasteiger partial charge in [-0.15, -0.1) is 0 Å². The number of hydrogen-bond donors (Lipinski definition) is 0. The Labute approximate surface area is 147 Å². The topological polar surface area (TPSA) is 57.0 Å². The van der Waals surface area contributed by atoms with E-state index in [-0.39, 0.29) is 29.9 Å². The lowest BCUT2D eigenvalue weighted by Crippen LogP contribution is -2.25. The summed E-state index contributed by atoms with van der Waals surface area (Å²) >= 11 is 0. The van der Waals surface area contributed by atoms with Gasteiger partial charge in [0.2, 0.25) is 0 Å². The third-order valence-electron chi connectivity index (χ3n) is 4.16. The van der Waals surface area contributed by atoms with Crippen molar-refractivity contribution in [3.63, 3.8) is 0 Å². The molecule has 0 N–H and O–H groups in total. The molecule has 0 saturated heterocycles.